The van der Waals surface area contributed by atoms with Crippen LogP contribution < -0.4 is 5.32 Å². The van der Waals surface area contributed by atoms with Crippen molar-refractivity contribution >= 4 is 17.6 Å². The number of benzene rings is 2. The molecule has 1 aliphatic rings. The Labute approximate surface area is 212 Å². The van der Waals surface area contributed by atoms with Crippen molar-refractivity contribution in [2.75, 3.05) is 25.5 Å². The second kappa shape index (κ2) is 13.3. The van der Waals surface area contributed by atoms with Crippen LogP contribution in [0.2, 0.25) is 0 Å². The smallest absolute Gasteiger partial charge is 0.303 e. The first-order chi connectivity index (χ1) is 17.3. The number of aliphatic carboxylic acids is 1. The van der Waals surface area contributed by atoms with E-state index < -0.39 is 12.3 Å². The van der Waals surface area contributed by atoms with Gasteiger partial charge < -0.3 is 29.9 Å². The van der Waals surface area contributed by atoms with E-state index in [1.165, 1.54) is 0 Å². The number of likely N-dealkylation sites (N-methyl/N-ethyl adjacent to an activating group) is 1. The predicted molar refractivity (Wildman–Crippen MR) is 137 cm³/mol. The van der Waals surface area contributed by atoms with Crippen LogP contribution in [0.4, 0.5) is 5.69 Å². The number of hydrogen-bond acceptors (Lipinski definition) is 6. The SMILES string of the molecule is C=CCN(C)C[C@H]1O[C@@H](c2ccc(NC(=O)CCCC(=O)O)cc2)O[C@@H](c2ccc(CO)cc2)[C@H]1C. The summed E-state index contributed by atoms with van der Waals surface area (Å²) in [7, 11) is 2.03. The van der Waals surface area contributed by atoms with Crippen molar-refractivity contribution < 1.29 is 29.3 Å². The highest BCUT2D eigenvalue weighted by Crippen LogP contribution is 2.41. The molecule has 1 fully saturated rings. The van der Waals surface area contributed by atoms with E-state index in [0.717, 1.165) is 23.2 Å². The first kappa shape index (κ1) is 27.5. The van der Waals surface area contributed by atoms with Gasteiger partial charge in [0.2, 0.25) is 5.91 Å². The third-order valence-electron chi connectivity index (χ3n) is 6.32. The van der Waals surface area contributed by atoms with Crippen LogP contribution in [0.3, 0.4) is 0 Å². The Hall–Kier alpha value is -3.04. The van der Waals surface area contributed by atoms with Crippen LogP contribution in [0.25, 0.3) is 0 Å². The highest BCUT2D eigenvalue weighted by Gasteiger charge is 2.38. The van der Waals surface area contributed by atoms with Crippen molar-refractivity contribution in [3.8, 4) is 0 Å². The molecule has 2 aromatic carbocycles. The van der Waals surface area contributed by atoms with Gasteiger partial charge in [0.05, 0.1) is 18.8 Å². The molecule has 2 aromatic rings. The number of rotatable bonds is 12. The van der Waals surface area contributed by atoms with E-state index in [1.807, 2.05) is 49.5 Å². The molecule has 0 bridgehead atoms. The van der Waals surface area contributed by atoms with Gasteiger partial charge in [0.25, 0.3) is 0 Å². The van der Waals surface area contributed by atoms with Gasteiger partial charge in [-0.3, -0.25) is 9.59 Å². The van der Waals surface area contributed by atoms with E-state index >= 15 is 0 Å². The van der Waals surface area contributed by atoms with Gasteiger partial charge in [-0.25, -0.2) is 0 Å². The summed E-state index contributed by atoms with van der Waals surface area (Å²) in [6.07, 6.45) is 1.39. The summed E-state index contributed by atoms with van der Waals surface area (Å²) < 4.78 is 12.9. The van der Waals surface area contributed by atoms with Crippen LogP contribution >= 0.6 is 0 Å². The topological polar surface area (TPSA) is 108 Å². The van der Waals surface area contributed by atoms with Gasteiger partial charge in [-0.15, -0.1) is 6.58 Å². The van der Waals surface area contributed by atoms with Crippen molar-refractivity contribution in [3.05, 3.63) is 77.9 Å². The lowest BCUT2D eigenvalue weighted by Crippen LogP contribution is -2.43. The molecule has 1 amide bonds. The fourth-order valence-electron chi connectivity index (χ4n) is 4.28. The number of carboxylic acids is 1. The number of ether oxygens (including phenoxy) is 2. The Balaban J connectivity index is 1.74. The third kappa shape index (κ3) is 7.73. The molecule has 0 unspecified atom stereocenters. The molecule has 0 saturated carbocycles. The van der Waals surface area contributed by atoms with Gasteiger partial charge >= 0.3 is 5.97 Å². The Morgan fingerprint density at radius 3 is 2.33 bits per heavy atom. The third-order valence-corrected chi connectivity index (χ3v) is 6.32. The summed E-state index contributed by atoms with van der Waals surface area (Å²) in [6.45, 7) is 7.39. The molecule has 3 rings (SSSR count). The summed E-state index contributed by atoms with van der Waals surface area (Å²) in [5, 5.41) is 20.9. The zero-order chi connectivity index (χ0) is 26.1. The molecule has 0 radical (unpaired) electrons. The molecule has 8 heteroatoms. The minimum atomic E-state index is -0.911. The first-order valence-corrected chi connectivity index (χ1v) is 12.2. The Morgan fingerprint density at radius 2 is 1.72 bits per heavy atom. The molecular formula is C28H36N2O6. The van der Waals surface area contributed by atoms with Crippen molar-refractivity contribution in [1.82, 2.24) is 4.90 Å². The second-order valence-corrected chi connectivity index (χ2v) is 9.25. The van der Waals surface area contributed by atoms with Crippen LogP contribution in [0, 0.1) is 5.92 Å². The van der Waals surface area contributed by atoms with Crippen LogP contribution in [-0.4, -0.2) is 53.2 Å². The number of aliphatic hydroxyl groups excluding tert-OH is 1. The van der Waals surface area contributed by atoms with Gasteiger partial charge in [0.15, 0.2) is 6.29 Å². The lowest BCUT2D eigenvalue weighted by atomic mass is 9.90. The Morgan fingerprint density at radius 1 is 1.06 bits per heavy atom. The lowest BCUT2D eigenvalue weighted by molar-refractivity contribution is -0.275. The van der Waals surface area contributed by atoms with Gasteiger partial charge in [-0.1, -0.05) is 49.4 Å². The minimum absolute atomic E-state index is 0.00941. The number of carboxylic acid groups (broad SMARTS) is 1. The number of nitrogens with zero attached hydrogens (tertiary/aromatic N) is 1. The molecule has 3 N–H and O–H groups in total. The highest BCUT2D eigenvalue weighted by molar-refractivity contribution is 5.90. The number of amides is 1. The van der Waals surface area contributed by atoms with Crippen molar-refractivity contribution in [2.24, 2.45) is 5.92 Å². The molecule has 1 saturated heterocycles. The van der Waals surface area contributed by atoms with Crippen LogP contribution in [0.1, 0.15) is 55.3 Å². The van der Waals surface area contributed by atoms with E-state index in [2.05, 4.69) is 23.7 Å². The van der Waals surface area contributed by atoms with Gasteiger partial charge in [-0.05, 0) is 36.7 Å². The maximum absolute atomic E-state index is 12.1. The van der Waals surface area contributed by atoms with E-state index in [-0.39, 0.29) is 43.5 Å². The fraction of sp³-hybridized carbons (Fsp3) is 0.429. The molecule has 8 nitrogen and oxygen atoms in total. The molecule has 0 spiro atoms. The van der Waals surface area contributed by atoms with Crippen LogP contribution in [0.15, 0.2) is 61.2 Å². The Kier molecular flexibility index (Phi) is 10.2. The first-order valence-electron chi connectivity index (χ1n) is 12.2. The number of aliphatic hydroxyl groups is 1. The summed E-state index contributed by atoms with van der Waals surface area (Å²) in [5.41, 5.74) is 3.33. The lowest BCUT2D eigenvalue weighted by Gasteiger charge is -2.42. The quantitative estimate of drug-likeness (QED) is 0.376. The summed E-state index contributed by atoms with van der Waals surface area (Å²) in [4.78, 5) is 24.9. The zero-order valence-corrected chi connectivity index (χ0v) is 20.9. The second-order valence-electron chi connectivity index (χ2n) is 9.25. The van der Waals surface area contributed by atoms with Crippen molar-refractivity contribution in [2.45, 2.75) is 51.3 Å². The molecule has 0 aliphatic carbocycles. The van der Waals surface area contributed by atoms with Gasteiger partial charge in [0, 0.05) is 43.1 Å². The average Bonchev–Trinajstić information content (AvgIpc) is 2.86. The van der Waals surface area contributed by atoms with Crippen LogP contribution in [-0.2, 0) is 25.7 Å². The number of anilines is 1. The summed E-state index contributed by atoms with van der Waals surface area (Å²) in [6, 6.07) is 15.1. The standard InChI is InChI=1S/C28H36N2O6/c1-4-16-30(3)17-24-19(2)27(21-10-8-20(18-31)9-11-21)36-28(35-24)22-12-14-23(15-13-22)29-25(32)6-5-7-26(33)34/h4,8-15,19,24,27-28,31H,1,5-7,16-18H2,2-3H3,(H,29,32)(H,33,34)/t19-,24+,27+,28+/m0/s1. The van der Waals surface area contributed by atoms with Crippen molar-refractivity contribution in [1.29, 1.82) is 0 Å². The zero-order valence-electron chi connectivity index (χ0n) is 20.9. The largest absolute Gasteiger partial charge is 0.481 e. The number of hydrogen-bond donors (Lipinski definition) is 3. The predicted octanol–water partition coefficient (Wildman–Crippen LogP) is 4.28. The fourth-order valence-corrected chi connectivity index (χ4v) is 4.28. The van der Waals surface area contributed by atoms with E-state index in [0.29, 0.717) is 18.7 Å². The van der Waals surface area contributed by atoms with E-state index in [4.69, 9.17) is 14.6 Å². The van der Waals surface area contributed by atoms with E-state index in [1.54, 1.807) is 12.1 Å². The van der Waals surface area contributed by atoms with Gasteiger partial charge in [-0.2, -0.15) is 0 Å². The van der Waals surface area contributed by atoms with Gasteiger partial charge in [0.1, 0.15) is 0 Å². The summed E-state index contributed by atoms with van der Waals surface area (Å²) in [5.74, 6) is -1.05. The van der Waals surface area contributed by atoms with Crippen LogP contribution in [0.5, 0.6) is 0 Å². The minimum Gasteiger partial charge on any atom is -0.481 e. The number of carbonyl (C=O) groups is 2. The highest BCUT2D eigenvalue weighted by atomic mass is 16.7. The Bertz CT molecular complexity index is 1010. The van der Waals surface area contributed by atoms with Crippen molar-refractivity contribution in [3.63, 3.8) is 0 Å². The molecule has 36 heavy (non-hydrogen) atoms. The van der Waals surface area contributed by atoms with E-state index in [9.17, 15) is 14.7 Å². The molecule has 194 valence electrons. The molecule has 1 aliphatic heterocycles. The molecule has 0 aromatic heterocycles. The molecular weight excluding hydrogens is 460 g/mol. The number of carbonyl (C=O) groups excluding carboxylic acids is 1. The summed E-state index contributed by atoms with van der Waals surface area (Å²) >= 11 is 0. The number of nitrogens with one attached hydrogen (secondary N) is 1. The maximum atomic E-state index is 12.1. The monoisotopic (exact) mass is 496 g/mol. The maximum Gasteiger partial charge on any atom is 0.303 e. The normalized spacial score (nSPS) is 21.8. The molecule has 1 heterocycles. The molecule has 4 atom stereocenters. The average molecular weight is 497 g/mol.